The summed E-state index contributed by atoms with van der Waals surface area (Å²) in [5.74, 6) is 1.94. The van der Waals surface area contributed by atoms with Crippen LogP contribution in [-0.2, 0) is 0 Å². The molecule has 2 aromatic heterocycles. The van der Waals surface area contributed by atoms with Gasteiger partial charge >= 0.3 is 0 Å². The van der Waals surface area contributed by atoms with Crippen molar-refractivity contribution in [3.63, 3.8) is 0 Å². The van der Waals surface area contributed by atoms with Crippen LogP contribution < -0.4 is 0 Å². The van der Waals surface area contributed by atoms with Gasteiger partial charge in [-0.3, -0.25) is 0 Å². The van der Waals surface area contributed by atoms with Crippen LogP contribution in [0.25, 0.3) is 100 Å². The first-order valence-electron chi connectivity index (χ1n) is 18.8. The summed E-state index contributed by atoms with van der Waals surface area (Å²) in [6.45, 7) is 0. The van der Waals surface area contributed by atoms with Gasteiger partial charge in [-0.2, -0.15) is 0 Å². The van der Waals surface area contributed by atoms with E-state index in [0.717, 1.165) is 61.5 Å². The minimum Gasteiger partial charge on any atom is -0.248 e. The molecule has 0 amide bonds. The molecular weight excluding hydrogens is 681 g/mol. The second kappa shape index (κ2) is 14.3. The molecule has 0 saturated carbocycles. The van der Waals surface area contributed by atoms with E-state index in [1.807, 2.05) is 60.7 Å². The van der Waals surface area contributed by atoms with Gasteiger partial charge in [0.25, 0.3) is 0 Å². The summed E-state index contributed by atoms with van der Waals surface area (Å²) in [6, 6.07) is 71.9. The third-order valence-electron chi connectivity index (χ3n) is 10.3. The number of rotatable bonds is 7. The van der Waals surface area contributed by atoms with Gasteiger partial charge in [-0.1, -0.05) is 182 Å². The summed E-state index contributed by atoms with van der Waals surface area (Å²) in [6.07, 6.45) is 0. The zero-order valence-electron chi connectivity index (χ0n) is 30.4. The summed E-state index contributed by atoms with van der Waals surface area (Å²) in [7, 11) is 0. The Balaban J connectivity index is 0.994. The van der Waals surface area contributed by atoms with Crippen molar-refractivity contribution < 1.29 is 0 Å². The molecule has 0 spiro atoms. The maximum Gasteiger partial charge on any atom is 0.164 e. The average Bonchev–Trinajstić information content (AvgIpc) is 3.29. The van der Waals surface area contributed by atoms with Crippen LogP contribution in [-0.4, -0.2) is 19.9 Å². The van der Waals surface area contributed by atoms with Crippen molar-refractivity contribution in [3.05, 3.63) is 206 Å². The number of nitrogens with zero attached hydrogens (tertiary/aromatic N) is 4. The number of benzene rings is 8. The molecule has 10 aromatic rings. The SMILES string of the molecule is c1ccc(-c2nc(-c3ccccc3)nc(-c3ccc(-c4ccc(-c5cc(-c6ccc7ccccc7c6)cc(-c6ccc7ccccc7c6)n5)cc4)cc3)n2)cc1. The first-order chi connectivity index (χ1) is 27.7. The lowest BCUT2D eigenvalue weighted by molar-refractivity contribution is 1.07. The molecule has 4 heteroatoms. The quantitative estimate of drug-likeness (QED) is 0.165. The van der Waals surface area contributed by atoms with E-state index in [2.05, 4.69) is 146 Å². The molecule has 56 heavy (non-hydrogen) atoms. The minimum absolute atomic E-state index is 0.638. The van der Waals surface area contributed by atoms with E-state index in [1.165, 1.54) is 21.5 Å². The molecular formula is C52H34N4. The van der Waals surface area contributed by atoms with Gasteiger partial charge in [0, 0.05) is 27.8 Å². The first kappa shape index (κ1) is 33.0. The van der Waals surface area contributed by atoms with Crippen LogP contribution in [0, 0.1) is 0 Å². The van der Waals surface area contributed by atoms with Gasteiger partial charge in [-0.15, -0.1) is 0 Å². The van der Waals surface area contributed by atoms with Crippen LogP contribution in [0.2, 0.25) is 0 Å². The lowest BCUT2D eigenvalue weighted by Gasteiger charge is -2.12. The number of pyridine rings is 1. The molecule has 0 N–H and O–H groups in total. The molecule has 0 atom stereocenters. The lowest BCUT2D eigenvalue weighted by Crippen LogP contribution is -2.00. The van der Waals surface area contributed by atoms with Crippen LogP contribution >= 0.6 is 0 Å². The number of hydrogen-bond acceptors (Lipinski definition) is 4. The van der Waals surface area contributed by atoms with Crippen molar-refractivity contribution in [2.75, 3.05) is 0 Å². The second-order valence-corrected chi connectivity index (χ2v) is 13.9. The molecule has 262 valence electrons. The van der Waals surface area contributed by atoms with Gasteiger partial charge in [0.2, 0.25) is 0 Å². The van der Waals surface area contributed by atoms with E-state index in [9.17, 15) is 0 Å². The smallest absolute Gasteiger partial charge is 0.164 e. The van der Waals surface area contributed by atoms with Gasteiger partial charge in [0.1, 0.15) is 0 Å². The first-order valence-corrected chi connectivity index (χ1v) is 18.8. The lowest BCUT2D eigenvalue weighted by atomic mass is 9.96. The van der Waals surface area contributed by atoms with Crippen molar-refractivity contribution in [2.24, 2.45) is 0 Å². The molecule has 8 aromatic carbocycles. The largest absolute Gasteiger partial charge is 0.248 e. The molecule has 0 fully saturated rings. The maximum absolute atomic E-state index is 5.26. The third kappa shape index (κ3) is 6.61. The Morgan fingerprint density at radius 1 is 0.196 bits per heavy atom. The number of aromatic nitrogens is 4. The maximum atomic E-state index is 5.26. The standard InChI is InChI=1S/C52H34N4/c1-3-13-40(14-4-1)50-54-51(41-15-5-2-6-16-41)56-52(55-50)42-27-21-38(22-28-42)37-19-25-39(26-20-37)48-33-47(45-29-23-35-11-7-9-17-43(35)31-45)34-49(53-48)46-30-24-36-12-8-10-18-44(36)32-46/h1-34H. The zero-order chi connectivity index (χ0) is 37.3. The predicted octanol–water partition coefficient (Wildman–Crippen LogP) is 13.2. The van der Waals surface area contributed by atoms with Gasteiger partial charge in [0.05, 0.1) is 11.4 Å². The van der Waals surface area contributed by atoms with Crippen LogP contribution in [0.1, 0.15) is 0 Å². The van der Waals surface area contributed by atoms with E-state index in [-0.39, 0.29) is 0 Å². The van der Waals surface area contributed by atoms with Gasteiger partial charge in [-0.25, -0.2) is 19.9 Å². The van der Waals surface area contributed by atoms with Crippen molar-refractivity contribution in [1.82, 2.24) is 19.9 Å². The van der Waals surface area contributed by atoms with E-state index >= 15 is 0 Å². The van der Waals surface area contributed by atoms with Crippen molar-refractivity contribution in [2.45, 2.75) is 0 Å². The Kier molecular flexibility index (Phi) is 8.47. The highest BCUT2D eigenvalue weighted by molar-refractivity contribution is 5.90. The summed E-state index contributed by atoms with van der Waals surface area (Å²) < 4.78 is 0. The van der Waals surface area contributed by atoms with Gasteiger partial charge in [-0.05, 0) is 68.1 Å². The van der Waals surface area contributed by atoms with E-state index in [1.54, 1.807) is 0 Å². The Hall–Kier alpha value is -7.56. The van der Waals surface area contributed by atoms with Crippen LogP contribution in [0.5, 0.6) is 0 Å². The molecule has 0 aliphatic heterocycles. The topological polar surface area (TPSA) is 51.6 Å². The molecule has 0 aliphatic rings. The highest BCUT2D eigenvalue weighted by Gasteiger charge is 2.14. The summed E-state index contributed by atoms with van der Waals surface area (Å²) in [4.78, 5) is 19.9. The summed E-state index contributed by atoms with van der Waals surface area (Å²) in [5, 5.41) is 4.86. The fraction of sp³-hybridized carbons (Fsp3) is 0. The Morgan fingerprint density at radius 2 is 0.554 bits per heavy atom. The molecule has 10 rings (SSSR count). The van der Waals surface area contributed by atoms with Crippen LogP contribution in [0.4, 0.5) is 0 Å². The minimum atomic E-state index is 0.638. The second-order valence-electron chi connectivity index (χ2n) is 13.9. The molecule has 0 saturated heterocycles. The third-order valence-corrected chi connectivity index (χ3v) is 10.3. The van der Waals surface area contributed by atoms with Crippen molar-refractivity contribution in [1.29, 1.82) is 0 Å². The molecule has 0 aliphatic carbocycles. The van der Waals surface area contributed by atoms with Crippen molar-refractivity contribution >= 4 is 21.5 Å². The van der Waals surface area contributed by atoms with Gasteiger partial charge in [0.15, 0.2) is 17.5 Å². The van der Waals surface area contributed by atoms with Crippen molar-refractivity contribution in [3.8, 4) is 78.9 Å². The monoisotopic (exact) mass is 714 g/mol. The van der Waals surface area contributed by atoms with E-state index in [4.69, 9.17) is 19.9 Å². The van der Waals surface area contributed by atoms with E-state index in [0.29, 0.717) is 17.5 Å². The van der Waals surface area contributed by atoms with Gasteiger partial charge < -0.3 is 0 Å². The fourth-order valence-electron chi connectivity index (χ4n) is 7.29. The number of hydrogen-bond donors (Lipinski definition) is 0. The Bertz CT molecular complexity index is 2840. The summed E-state index contributed by atoms with van der Waals surface area (Å²) in [5.41, 5.74) is 11.4. The number of fused-ring (bicyclic) bond motifs is 2. The predicted molar refractivity (Wildman–Crippen MR) is 231 cm³/mol. The van der Waals surface area contributed by atoms with Crippen LogP contribution in [0.15, 0.2) is 206 Å². The molecule has 0 radical (unpaired) electrons. The highest BCUT2D eigenvalue weighted by atomic mass is 15.0. The average molecular weight is 715 g/mol. The normalized spacial score (nSPS) is 11.2. The summed E-state index contributed by atoms with van der Waals surface area (Å²) >= 11 is 0. The van der Waals surface area contributed by atoms with Crippen LogP contribution in [0.3, 0.4) is 0 Å². The Morgan fingerprint density at radius 3 is 1.07 bits per heavy atom. The molecule has 0 bridgehead atoms. The molecule has 2 heterocycles. The molecule has 4 nitrogen and oxygen atoms in total. The fourth-order valence-corrected chi connectivity index (χ4v) is 7.29. The Labute approximate surface area is 325 Å². The zero-order valence-corrected chi connectivity index (χ0v) is 30.4. The molecule has 0 unspecified atom stereocenters. The van der Waals surface area contributed by atoms with E-state index < -0.39 is 0 Å². The highest BCUT2D eigenvalue weighted by Crippen LogP contribution is 2.34.